The van der Waals surface area contributed by atoms with Gasteiger partial charge in [-0.15, -0.1) is 0 Å². The maximum Gasteiger partial charge on any atom is 0.329 e. The largest absolute Gasteiger partial charge is 0.480 e. The number of carboxylic acids is 1. The van der Waals surface area contributed by atoms with E-state index in [0.29, 0.717) is 25.7 Å². The predicted molar refractivity (Wildman–Crippen MR) is 71.1 cm³/mol. The molecule has 1 fully saturated rings. The molecule has 1 aliphatic rings. The number of hydrogen-bond donors (Lipinski definition) is 3. The molecule has 6 heteroatoms. The quantitative estimate of drug-likeness (QED) is 0.613. The number of nitrogens with one attached hydrogen (secondary N) is 2. The van der Waals surface area contributed by atoms with Crippen molar-refractivity contribution in [2.24, 2.45) is 0 Å². The first-order chi connectivity index (χ1) is 8.98. The molecule has 1 saturated carbocycles. The standard InChI is InChI=1S/C13H24N2O4/c1-3-13(2,11(16)17)15-12(18)14-8-9-19-10-6-4-5-7-10/h10H,3-9H2,1-2H3,(H,16,17)(H2,14,15,18). The van der Waals surface area contributed by atoms with Crippen molar-refractivity contribution in [1.82, 2.24) is 10.6 Å². The average molecular weight is 272 g/mol. The van der Waals surface area contributed by atoms with Crippen LogP contribution in [0.15, 0.2) is 0 Å². The molecule has 3 N–H and O–H groups in total. The van der Waals surface area contributed by atoms with Gasteiger partial charge in [-0.05, 0) is 26.2 Å². The van der Waals surface area contributed by atoms with E-state index in [1.165, 1.54) is 19.8 Å². The Kier molecular flexibility index (Phi) is 6.08. The minimum absolute atomic E-state index is 0.324. The van der Waals surface area contributed by atoms with Crippen LogP contribution in [0, 0.1) is 0 Å². The number of amides is 2. The zero-order valence-electron chi connectivity index (χ0n) is 11.7. The van der Waals surface area contributed by atoms with E-state index < -0.39 is 17.5 Å². The number of aliphatic carboxylic acids is 1. The fourth-order valence-electron chi connectivity index (χ4n) is 2.03. The third-order valence-corrected chi connectivity index (χ3v) is 3.61. The van der Waals surface area contributed by atoms with Gasteiger partial charge in [-0.1, -0.05) is 19.8 Å². The number of urea groups is 1. The molecule has 0 saturated heterocycles. The molecule has 0 aliphatic heterocycles. The van der Waals surface area contributed by atoms with Crippen LogP contribution in [0.5, 0.6) is 0 Å². The molecule has 0 radical (unpaired) electrons. The third kappa shape index (κ3) is 5.06. The Bertz CT molecular complexity index is 316. The molecule has 0 aromatic heterocycles. The molecule has 1 aliphatic carbocycles. The Hall–Kier alpha value is -1.30. The molecule has 1 atom stereocenters. The summed E-state index contributed by atoms with van der Waals surface area (Å²) >= 11 is 0. The van der Waals surface area contributed by atoms with E-state index in [1.807, 2.05) is 0 Å². The van der Waals surface area contributed by atoms with Gasteiger partial charge in [0.1, 0.15) is 5.54 Å². The van der Waals surface area contributed by atoms with Gasteiger partial charge < -0.3 is 20.5 Å². The minimum atomic E-state index is -1.23. The van der Waals surface area contributed by atoms with E-state index in [1.54, 1.807) is 6.92 Å². The minimum Gasteiger partial charge on any atom is -0.480 e. The van der Waals surface area contributed by atoms with E-state index in [-0.39, 0.29) is 0 Å². The monoisotopic (exact) mass is 272 g/mol. The van der Waals surface area contributed by atoms with E-state index >= 15 is 0 Å². The first kappa shape index (κ1) is 15.8. The van der Waals surface area contributed by atoms with Gasteiger partial charge in [0.05, 0.1) is 12.7 Å². The van der Waals surface area contributed by atoms with Crippen LogP contribution < -0.4 is 10.6 Å². The summed E-state index contributed by atoms with van der Waals surface area (Å²) in [5.41, 5.74) is -1.23. The molecule has 6 nitrogen and oxygen atoms in total. The molecule has 0 spiro atoms. The first-order valence-electron chi connectivity index (χ1n) is 6.89. The molecular formula is C13H24N2O4. The highest BCUT2D eigenvalue weighted by atomic mass is 16.5. The summed E-state index contributed by atoms with van der Waals surface area (Å²) in [5, 5.41) is 14.1. The zero-order chi connectivity index (χ0) is 14.3. The van der Waals surface area contributed by atoms with Gasteiger partial charge in [-0.2, -0.15) is 0 Å². The topological polar surface area (TPSA) is 87.7 Å². The van der Waals surface area contributed by atoms with Crippen molar-refractivity contribution in [1.29, 1.82) is 0 Å². The van der Waals surface area contributed by atoms with Crippen LogP contribution in [0.2, 0.25) is 0 Å². The van der Waals surface area contributed by atoms with Gasteiger partial charge in [0, 0.05) is 6.54 Å². The molecule has 0 heterocycles. The summed E-state index contributed by atoms with van der Waals surface area (Å²) in [6.45, 7) is 4.07. The fraction of sp³-hybridized carbons (Fsp3) is 0.846. The van der Waals surface area contributed by atoms with Crippen molar-refractivity contribution in [3.05, 3.63) is 0 Å². The molecule has 0 bridgehead atoms. The highest BCUT2D eigenvalue weighted by Gasteiger charge is 2.32. The van der Waals surface area contributed by atoms with Gasteiger partial charge in [-0.25, -0.2) is 9.59 Å². The number of carboxylic acid groups (broad SMARTS) is 1. The normalized spacial score (nSPS) is 18.8. The number of ether oxygens (including phenoxy) is 1. The van der Waals surface area contributed by atoms with Gasteiger partial charge in [0.2, 0.25) is 0 Å². The number of hydrogen-bond acceptors (Lipinski definition) is 3. The number of carbonyl (C=O) groups excluding carboxylic acids is 1. The van der Waals surface area contributed by atoms with Crippen LogP contribution >= 0.6 is 0 Å². The summed E-state index contributed by atoms with van der Waals surface area (Å²) in [6, 6.07) is -0.471. The summed E-state index contributed by atoms with van der Waals surface area (Å²) in [6.07, 6.45) is 5.27. The average Bonchev–Trinajstić information content (AvgIpc) is 2.87. The van der Waals surface area contributed by atoms with Gasteiger partial charge in [-0.3, -0.25) is 0 Å². The Balaban J connectivity index is 2.18. The van der Waals surface area contributed by atoms with Crippen molar-refractivity contribution in [3.63, 3.8) is 0 Å². The smallest absolute Gasteiger partial charge is 0.329 e. The van der Waals surface area contributed by atoms with Gasteiger partial charge in [0.25, 0.3) is 0 Å². The summed E-state index contributed by atoms with van der Waals surface area (Å²) < 4.78 is 5.60. The second-order valence-corrected chi connectivity index (χ2v) is 5.15. The molecule has 0 aromatic rings. The van der Waals surface area contributed by atoms with Crippen LogP contribution in [0.1, 0.15) is 46.0 Å². The van der Waals surface area contributed by atoms with Crippen molar-refractivity contribution in [3.8, 4) is 0 Å². The Morgan fingerprint density at radius 1 is 1.37 bits per heavy atom. The van der Waals surface area contributed by atoms with Crippen LogP contribution in [0.3, 0.4) is 0 Å². The lowest BCUT2D eigenvalue weighted by Crippen LogP contribution is -2.55. The van der Waals surface area contributed by atoms with Crippen LogP contribution in [0.4, 0.5) is 4.79 Å². The van der Waals surface area contributed by atoms with Gasteiger partial charge >= 0.3 is 12.0 Å². The van der Waals surface area contributed by atoms with Crippen LogP contribution in [-0.2, 0) is 9.53 Å². The maximum absolute atomic E-state index is 11.6. The van der Waals surface area contributed by atoms with Crippen molar-refractivity contribution >= 4 is 12.0 Å². The summed E-state index contributed by atoms with van der Waals surface area (Å²) in [7, 11) is 0. The van der Waals surface area contributed by atoms with Crippen molar-refractivity contribution in [2.45, 2.75) is 57.6 Å². The van der Waals surface area contributed by atoms with Crippen molar-refractivity contribution < 1.29 is 19.4 Å². The summed E-state index contributed by atoms with van der Waals surface area (Å²) in [5.74, 6) is -1.03. The Morgan fingerprint density at radius 3 is 2.53 bits per heavy atom. The molecule has 0 aromatic carbocycles. The van der Waals surface area contributed by atoms with Crippen LogP contribution in [0.25, 0.3) is 0 Å². The number of rotatable bonds is 7. The Labute approximate surface area is 113 Å². The molecule has 110 valence electrons. The van der Waals surface area contributed by atoms with E-state index in [4.69, 9.17) is 9.84 Å². The van der Waals surface area contributed by atoms with Crippen molar-refractivity contribution in [2.75, 3.05) is 13.2 Å². The second kappa shape index (κ2) is 7.33. The molecule has 2 amide bonds. The first-order valence-corrected chi connectivity index (χ1v) is 6.89. The molecule has 1 rings (SSSR count). The number of carbonyl (C=O) groups is 2. The third-order valence-electron chi connectivity index (χ3n) is 3.61. The van der Waals surface area contributed by atoms with E-state index in [9.17, 15) is 9.59 Å². The van der Waals surface area contributed by atoms with Crippen LogP contribution in [-0.4, -0.2) is 41.9 Å². The lowest BCUT2D eigenvalue weighted by molar-refractivity contribution is -0.143. The maximum atomic E-state index is 11.6. The Morgan fingerprint density at radius 2 is 2.00 bits per heavy atom. The molecule has 19 heavy (non-hydrogen) atoms. The SMILES string of the molecule is CCC(C)(NC(=O)NCCOC1CCCC1)C(=O)O. The van der Waals surface area contributed by atoms with Gasteiger partial charge in [0.15, 0.2) is 0 Å². The highest BCUT2D eigenvalue weighted by molar-refractivity contribution is 5.85. The molecular weight excluding hydrogens is 248 g/mol. The highest BCUT2D eigenvalue weighted by Crippen LogP contribution is 2.20. The molecule has 1 unspecified atom stereocenters. The predicted octanol–water partition coefficient (Wildman–Crippen LogP) is 1.50. The van der Waals surface area contributed by atoms with E-state index in [0.717, 1.165) is 12.8 Å². The fourth-order valence-corrected chi connectivity index (χ4v) is 2.03. The zero-order valence-corrected chi connectivity index (χ0v) is 11.7. The van der Waals surface area contributed by atoms with E-state index in [2.05, 4.69) is 10.6 Å². The lowest BCUT2D eigenvalue weighted by atomic mass is 10.00. The lowest BCUT2D eigenvalue weighted by Gasteiger charge is -2.24. The summed E-state index contributed by atoms with van der Waals surface area (Å²) in [4.78, 5) is 22.6. The second-order valence-electron chi connectivity index (χ2n) is 5.15.